The molecule has 0 aliphatic carbocycles. The number of nitrogens with zero attached hydrogens (tertiary/aromatic N) is 3. The van der Waals surface area contributed by atoms with Crippen molar-refractivity contribution < 1.29 is 22.3 Å². The highest BCUT2D eigenvalue weighted by Gasteiger charge is 2.31. The first kappa shape index (κ1) is 28.3. The molecule has 0 saturated heterocycles. The number of aryl methyl sites for hydroxylation is 1. The molecule has 10 nitrogen and oxygen atoms in total. The van der Waals surface area contributed by atoms with Gasteiger partial charge in [0.25, 0.3) is 0 Å². The summed E-state index contributed by atoms with van der Waals surface area (Å²) in [5.41, 5.74) is 3.00. The van der Waals surface area contributed by atoms with Crippen molar-refractivity contribution in [2.24, 2.45) is 5.14 Å². The summed E-state index contributed by atoms with van der Waals surface area (Å²) in [6, 6.07) is 17.5. The summed E-state index contributed by atoms with van der Waals surface area (Å²) in [6.45, 7) is 3.86. The second-order valence-electron chi connectivity index (χ2n) is 9.38. The molecule has 0 bridgehead atoms. The van der Waals surface area contributed by atoms with Crippen molar-refractivity contribution in [2.45, 2.75) is 35.4 Å². The summed E-state index contributed by atoms with van der Waals surface area (Å²) in [5.74, 6) is -0.0749. The van der Waals surface area contributed by atoms with E-state index in [-0.39, 0.29) is 27.8 Å². The molecular weight excluding hydrogens is 567 g/mol. The van der Waals surface area contributed by atoms with Crippen LogP contribution in [0.25, 0.3) is 0 Å². The third-order valence-electron chi connectivity index (χ3n) is 6.42. The summed E-state index contributed by atoms with van der Waals surface area (Å²) in [4.78, 5) is 24.0. The number of primary sulfonamides is 1. The Morgan fingerprint density at radius 2 is 1.78 bits per heavy atom. The van der Waals surface area contributed by atoms with Crippen LogP contribution in [-0.4, -0.2) is 36.7 Å². The van der Waals surface area contributed by atoms with Crippen molar-refractivity contribution in [1.29, 1.82) is 0 Å². The number of sulfonamides is 1. The first-order valence-electron chi connectivity index (χ1n) is 12.5. The lowest BCUT2D eigenvalue weighted by Gasteiger charge is -2.33. The maximum atomic E-state index is 14.8. The molecule has 2 heterocycles. The Bertz CT molecular complexity index is 1730. The lowest BCUT2D eigenvalue weighted by molar-refractivity contribution is -0.118. The number of methoxy groups -OCH3 is 1. The number of hydrogen-bond donors (Lipinski definition) is 3. The zero-order chi connectivity index (χ0) is 29.3. The third-order valence-corrected chi connectivity index (χ3v) is 8.63. The van der Waals surface area contributed by atoms with Crippen LogP contribution in [0.3, 0.4) is 0 Å². The second-order valence-corrected chi connectivity index (χ2v) is 12.3. The van der Waals surface area contributed by atoms with Gasteiger partial charge in [-0.3, -0.25) is 4.79 Å². The highest BCUT2D eigenvalue weighted by molar-refractivity contribution is 8.01. The fraction of sp³-hybridized carbons (Fsp3) is 0.179. The molecule has 41 heavy (non-hydrogen) atoms. The van der Waals surface area contributed by atoms with E-state index in [4.69, 9.17) is 9.88 Å². The van der Waals surface area contributed by atoms with Crippen LogP contribution >= 0.6 is 11.8 Å². The van der Waals surface area contributed by atoms with Gasteiger partial charge in [-0.2, -0.15) is 4.98 Å². The minimum absolute atomic E-state index is 0.0351. The molecular formula is C28H27FN6O4S2. The SMILES string of the molecule is COc1ccc(CN2C(=O)C(C)Sc3ccc(Nc4nc(Nc5ccc(C)c(S(N)(=O)=O)c5)ncc4F)cc32)cc1. The Kier molecular flexibility index (Phi) is 7.84. The standard InChI is InChI=1S/C28H27FN6O4S2/c1-16-4-7-20(13-25(16)41(30,37)38)33-28-31-14-22(29)26(34-28)32-19-8-11-24-23(12-19)35(27(36)17(2)40-24)15-18-5-9-21(39-3)10-6-18/h4-14,17H,15H2,1-3H3,(H2,30,37,38)(H2,31,32,33,34). The Morgan fingerprint density at radius 3 is 2.49 bits per heavy atom. The van der Waals surface area contributed by atoms with Gasteiger partial charge in [-0.25, -0.2) is 22.9 Å². The molecule has 1 amide bonds. The first-order chi connectivity index (χ1) is 19.5. The molecule has 0 spiro atoms. The van der Waals surface area contributed by atoms with Gasteiger partial charge in [0.2, 0.25) is 21.9 Å². The number of nitrogens with one attached hydrogen (secondary N) is 2. The summed E-state index contributed by atoms with van der Waals surface area (Å²) >= 11 is 1.47. The second kappa shape index (κ2) is 11.4. The van der Waals surface area contributed by atoms with Gasteiger partial charge in [-0.05, 0) is 67.4 Å². The zero-order valence-electron chi connectivity index (χ0n) is 22.4. The van der Waals surface area contributed by atoms with Crippen LogP contribution in [0.4, 0.5) is 33.2 Å². The normalized spacial score (nSPS) is 14.9. The average Bonchev–Trinajstić information content (AvgIpc) is 2.94. The quantitative estimate of drug-likeness (QED) is 0.254. The van der Waals surface area contributed by atoms with E-state index < -0.39 is 15.8 Å². The number of anilines is 5. The summed E-state index contributed by atoms with van der Waals surface area (Å²) in [5, 5.41) is 10.9. The predicted molar refractivity (Wildman–Crippen MR) is 157 cm³/mol. The van der Waals surface area contributed by atoms with E-state index in [1.54, 1.807) is 43.2 Å². The smallest absolute Gasteiger partial charge is 0.240 e. The van der Waals surface area contributed by atoms with Crippen molar-refractivity contribution >= 4 is 56.5 Å². The molecule has 0 radical (unpaired) electrons. The van der Waals surface area contributed by atoms with E-state index in [9.17, 15) is 17.6 Å². The van der Waals surface area contributed by atoms with E-state index in [2.05, 4.69) is 20.6 Å². The van der Waals surface area contributed by atoms with Gasteiger partial charge in [-0.1, -0.05) is 18.2 Å². The maximum Gasteiger partial charge on any atom is 0.240 e. The number of benzene rings is 3. The first-order valence-corrected chi connectivity index (χ1v) is 14.9. The maximum absolute atomic E-state index is 14.8. The number of nitrogens with two attached hydrogens (primary N) is 1. The number of amides is 1. The molecule has 1 aliphatic heterocycles. The number of carbonyl (C=O) groups excluding carboxylic acids is 1. The van der Waals surface area contributed by atoms with Crippen molar-refractivity contribution in [3.8, 4) is 5.75 Å². The highest BCUT2D eigenvalue weighted by Crippen LogP contribution is 2.41. The van der Waals surface area contributed by atoms with Crippen molar-refractivity contribution in [1.82, 2.24) is 9.97 Å². The van der Waals surface area contributed by atoms with E-state index >= 15 is 0 Å². The highest BCUT2D eigenvalue weighted by atomic mass is 32.2. The number of thioether (sulfide) groups is 1. The Morgan fingerprint density at radius 1 is 1.07 bits per heavy atom. The Hall–Kier alpha value is -4.20. The molecule has 4 N–H and O–H groups in total. The largest absolute Gasteiger partial charge is 0.497 e. The molecule has 0 saturated carbocycles. The van der Waals surface area contributed by atoms with Crippen LogP contribution < -0.4 is 25.4 Å². The van der Waals surface area contributed by atoms with Gasteiger partial charge >= 0.3 is 0 Å². The molecule has 1 atom stereocenters. The number of fused-ring (bicyclic) bond motifs is 1. The zero-order valence-corrected chi connectivity index (χ0v) is 24.0. The van der Waals surface area contributed by atoms with Crippen LogP contribution in [-0.2, 0) is 21.4 Å². The van der Waals surface area contributed by atoms with E-state index in [0.29, 0.717) is 29.2 Å². The monoisotopic (exact) mass is 594 g/mol. The molecule has 4 aromatic rings. The lowest BCUT2D eigenvalue weighted by Crippen LogP contribution is -2.39. The Labute approximate surface area is 241 Å². The molecule has 1 unspecified atom stereocenters. The number of carbonyl (C=O) groups is 1. The molecule has 3 aromatic carbocycles. The molecule has 13 heteroatoms. The topological polar surface area (TPSA) is 140 Å². The Balaban J connectivity index is 1.41. The van der Waals surface area contributed by atoms with E-state index in [0.717, 1.165) is 22.4 Å². The third kappa shape index (κ3) is 6.26. The van der Waals surface area contributed by atoms with Crippen molar-refractivity contribution in [3.05, 3.63) is 83.8 Å². The fourth-order valence-corrected chi connectivity index (χ4v) is 6.18. The fourth-order valence-electron chi connectivity index (χ4n) is 4.33. The van der Waals surface area contributed by atoms with Crippen LogP contribution in [0.15, 0.2) is 76.7 Å². The summed E-state index contributed by atoms with van der Waals surface area (Å²) in [7, 11) is -2.34. The van der Waals surface area contributed by atoms with Gasteiger partial charge in [0.1, 0.15) is 5.75 Å². The van der Waals surface area contributed by atoms with Crippen LogP contribution in [0.1, 0.15) is 18.1 Å². The number of rotatable bonds is 8. The number of halogens is 1. The van der Waals surface area contributed by atoms with Gasteiger partial charge in [0, 0.05) is 16.3 Å². The molecule has 5 rings (SSSR count). The number of aromatic nitrogens is 2. The average molecular weight is 595 g/mol. The molecule has 1 aliphatic rings. The van der Waals surface area contributed by atoms with Gasteiger partial charge < -0.3 is 20.3 Å². The van der Waals surface area contributed by atoms with Gasteiger partial charge in [0.15, 0.2) is 11.6 Å². The van der Waals surface area contributed by atoms with Crippen LogP contribution in [0.2, 0.25) is 0 Å². The molecule has 212 valence electrons. The number of ether oxygens (including phenoxy) is 1. The summed E-state index contributed by atoms with van der Waals surface area (Å²) in [6.07, 6.45) is 1.00. The predicted octanol–water partition coefficient (Wildman–Crippen LogP) is 5.09. The van der Waals surface area contributed by atoms with Crippen molar-refractivity contribution in [3.63, 3.8) is 0 Å². The molecule has 0 fully saturated rings. The van der Waals surface area contributed by atoms with Crippen LogP contribution in [0, 0.1) is 12.7 Å². The number of hydrogen-bond acceptors (Lipinski definition) is 9. The minimum atomic E-state index is -3.94. The lowest BCUT2D eigenvalue weighted by atomic mass is 10.1. The van der Waals surface area contributed by atoms with Crippen LogP contribution in [0.5, 0.6) is 5.75 Å². The van der Waals surface area contributed by atoms with Gasteiger partial charge in [-0.15, -0.1) is 11.8 Å². The van der Waals surface area contributed by atoms with Crippen molar-refractivity contribution in [2.75, 3.05) is 22.6 Å². The van der Waals surface area contributed by atoms with Gasteiger partial charge in [0.05, 0.1) is 35.7 Å². The molecule has 1 aromatic heterocycles. The minimum Gasteiger partial charge on any atom is -0.497 e. The van der Waals surface area contributed by atoms with E-state index in [1.807, 2.05) is 37.3 Å². The summed E-state index contributed by atoms with van der Waals surface area (Å²) < 4.78 is 43.8. The van der Waals surface area contributed by atoms with E-state index in [1.165, 1.54) is 17.8 Å².